The predicted molar refractivity (Wildman–Crippen MR) is 177 cm³/mol. The summed E-state index contributed by atoms with van der Waals surface area (Å²) in [7, 11) is 0. The zero-order valence-corrected chi connectivity index (χ0v) is 26.6. The number of nitrogens with one attached hydrogen (secondary N) is 1. The molecule has 3 fully saturated rings. The van der Waals surface area contributed by atoms with Crippen molar-refractivity contribution in [2.75, 3.05) is 38.2 Å². The second kappa shape index (κ2) is 11.0. The zero-order valence-electron chi connectivity index (χ0n) is 25.1. The second-order valence-corrected chi connectivity index (χ2v) is 14.0. The first-order chi connectivity index (χ1) is 22.3. The lowest BCUT2D eigenvalue weighted by Crippen LogP contribution is -2.53. The number of anilines is 1. The highest BCUT2D eigenvalue weighted by Gasteiger charge is 2.70. The number of pyridine rings is 2. The van der Waals surface area contributed by atoms with Crippen LogP contribution in [0.3, 0.4) is 0 Å². The number of amides is 2. The van der Waals surface area contributed by atoms with Crippen LogP contribution < -0.4 is 5.32 Å². The summed E-state index contributed by atoms with van der Waals surface area (Å²) in [4.78, 5) is 41.5. The molecule has 9 rings (SSSR count). The molecule has 0 bridgehead atoms. The minimum Gasteiger partial charge on any atom is -0.378 e. The molecular weight excluding hydrogens is 642 g/mol. The standard InChI is InChI=1S/C34H31Cl2FN6O3.CH4/c1-17-20(32(44)41-10-12-46-13-11-41)7-9-42-25-15-24-26(29(25)40-31(17)42)27(21-6-8-38-30(36)28(21)37)34(43(24)16-18-2-3-18)22-5-4-19(35)14-23(22)39-33(34)45;/h4-9,14,18,24,26-27H,2-3,10-13,15-16H2,1H3,(H,39,45);1H4/t24-,26+,27-,34+;/m0./s1. The third-order valence-electron chi connectivity index (χ3n) is 10.8. The topological polar surface area (TPSA) is 92.1 Å². The van der Waals surface area contributed by atoms with Crippen molar-refractivity contribution < 1.29 is 18.7 Å². The van der Waals surface area contributed by atoms with E-state index in [0.29, 0.717) is 72.7 Å². The summed E-state index contributed by atoms with van der Waals surface area (Å²) in [5.41, 5.74) is 4.52. The van der Waals surface area contributed by atoms with E-state index >= 15 is 4.39 Å². The molecule has 3 aromatic heterocycles. The molecule has 12 heteroatoms. The fourth-order valence-electron chi connectivity index (χ4n) is 8.67. The van der Waals surface area contributed by atoms with Crippen LogP contribution in [0.25, 0.3) is 5.65 Å². The maximum absolute atomic E-state index is 16.2. The van der Waals surface area contributed by atoms with Crippen LogP contribution in [0.15, 0.2) is 42.7 Å². The second-order valence-electron chi connectivity index (χ2n) is 13.2. The Morgan fingerprint density at radius 3 is 2.72 bits per heavy atom. The molecule has 6 heterocycles. The molecule has 4 atom stereocenters. The lowest BCUT2D eigenvalue weighted by atomic mass is 9.71. The molecule has 2 amide bonds. The van der Waals surface area contributed by atoms with E-state index in [1.165, 1.54) is 6.20 Å². The van der Waals surface area contributed by atoms with Crippen LogP contribution in [0.2, 0.25) is 10.2 Å². The number of halogens is 3. The van der Waals surface area contributed by atoms with Gasteiger partial charge in [-0.3, -0.25) is 14.5 Å². The highest BCUT2D eigenvalue weighted by atomic mass is 35.5. The van der Waals surface area contributed by atoms with Gasteiger partial charge in [-0.15, -0.1) is 0 Å². The van der Waals surface area contributed by atoms with Crippen molar-refractivity contribution in [2.45, 2.75) is 57.0 Å². The van der Waals surface area contributed by atoms with E-state index < -0.39 is 17.3 Å². The number of imidazole rings is 1. The van der Waals surface area contributed by atoms with Crippen LogP contribution in [0.1, 0.15) is 70.5 Å². The third kappa shape index (κ3) is 4.27. The van der Waals surface area contributed by atoms with Gasteiger partial charge in [-0.25, -0.2) is 14.4 Å². The molecule has 1 spiro atoms. The highest BCUT2D eigenvalue weighted by molar-refractivity contribution is 6.31. The molecular formula is C35H35Cl2FN6O3. The molecule has 3 aliphatic heterocycles. The Balaban J connectivity index is 0.00000324. The number of hydrogen-bond acceptors (Lipinski definition) is 6. The SMILES string of the molecule is C.Cc1c(C(=O)N2CCOCC2)ccn2c3c(nc12)[C@@H]1[C@H](C3)N(CC2CC2)[C@@]2(C(=O)Nc3cc(Cl)ccc32)[C@H]1c1ccnc(Cl)c1F. The Kier molecular flexibility index (Phi) is 7.18. The Bertz CT molecular complexity index is 1970. The monoisotopic (exact) mass is 676 g/mol. The lowest BCUT2D eigenvalue weighted by Gasteiger charge is -2.40. The van der Waals surface area contributed by atoms with Crippen LogP contribution in [0.5, 0.6) is 0 Å². The molecule has 2 aliphatic carbocycles. The highest BCUT2D eigenvalue weighted by Crippen LogP contribution is 2.65. The van der Waals surface area contributed by atoms with Gasteiger partial charge in [0.2, 0.25) is 5.91 Å². The van der Waals surface area contributed by atoms with E-state index in [2.05, 4.69) is 19.6 Å². The van der Waals surface area contributed by atoms with E-state index in [4.69, 9.17) is 32.9 Å². The number of fused-ring (bicyclic) bond motifs is 7. The fourth-order valence-corrected chi connectivity index (χ4v) is 9.01. The van der Waals surface area contributed by atoms with Crippen molar-refractivity contribution in [1.82, 2.24) is 24.2 Å². The summed E-state index contributed by atoms with van der Waals surface area (Å²) in [6.45, 7) is 4.78. The van der Waals surface area contributed by atoms with Crippen molar-refractivity contribution in [3.05, 3.63) is 92.4 Å². The van der Waals surface area contributed by atoms with Gasteiger partial charge in [-0.2, -0.15) is 0 Å². The number of rotatable bonds is 4. The number of aryl methyl sites for hydroxylation is 1. The van der Waals surface area contributed by atoms with Gasteiger partial charge in [-0.1, -0.05) is 36.7 Å². The quantitative estimate of drug-likeness (QED) is 0.269. The molecule has 1 saturated carbocycles. The average Bonchev–Trinajstić information content (AvgIpc) is 3.49. The van der Waals surface area contributed by atoms with Crippen LogP contribution >= 0.6 is 23.2 Å². The number of carbonyl (C=O) groups excluding carboxylic acids is 2. The van der Waals surface area contributed by atoms with Crippen molar-refractivity contribution in [2.24, 2.45) is 5.92 Å². The fraction of sp³-hybridized carbons (Fsp3) is 0.429. The number of benzene rings is 1. The number of ether oxygens (including phenoxy) is 1. The van der Waals surface area contributed by atoms with E-state index in [-0.39, 0.29) is 36.4 Å². The first kappa shape index (κ1) is 30.7. The van der Waals surface area contributed by atoms with Crippen LogP contribution in [-0.2, 0) is 21.5 Å². The van der Waals surface area contributed by atoms with Gasteiger partial charge in [0.15, 0.2) is 11.0 Å². The van der Waals surface area contributed by atoms with E-state index in [1.807, 2.05) is 30.2 Å². The van der Waals surface area contributed by atoms with Crippen molar-refractivity contribution in [3.8, 4) is 0 Å². The predicted octanol–water partition coefficient (Wildman–Crippen LogP) is 5.96. The van der Waals surface area contributed by atoms with Gasteiger partial charge in [0, 0.05) is 89.4 Å². The van der Waals surface area contributed by atoms with Gasteiger partial charge in [0.25, 0.3) is 5.91 Å². The third-order valence-corrected chi connectivity index (χ3v) is 11.3. The molecule has 0 radical (unpaired) electrons. The number of nitrogens with zero attached hydrogens (tertiary/aromatic N) is 5. The van der Waals surface area contributed by atoms with Gasteiger partial charge in [0.05, 0.1) is 18.9 Å². The van der Waals surface area contributed by atoms with E-state index in [0.717, 1.165) is 35.4 Å². The summed E-state index contributed by atoms with van der Waals surface area (Å²) in [5, 5.41) is 3.40. The van der Waals surface area contributed by atoms with E-state index in [9.17, 15) is 9.59 Å². The Labute approximate surface area is 282 Å². The Hall–Kier alpha value is -3.57. The van der Waals surface area contributed by atoms with Crippen molar-refractivity contribution in [3.63, 3.8) is 0 Å². The molecule has 244 valence electrons. The molecule has 2 saturated heterocycles. The largest absolute Gasteiger partial charge is 0.378 e. The van der Waals surface area contributed by atoms with Crippen molar-refractivity contribution >= 4 is 46.4 Å². The minimum absolute atomic E-state index is 0. The van der Waals surface area contributed by atoms with Crippen molar-refractivity contribution in [1.29, 1.82) is 0 Å². The minimum atomic E-state index is -1.20. The normalized spacial score (nSPS) is 26.3. The summed E-state index contributed by atoms with van der Waals surface area (Å²) < 4.78 is 23.8. The van der Waals surface area contributed by atoms with Gasteiger partial charge < -0.3 is 19.4 Å². The smallest absolute Gasteiger partial charge is 0.254 e. The maximum Gasteiger partial charge on any atom is 0.254 e. The first-order valence-electron chi connectivity index (χ1n) is 15.8. The van der Waals surface area contributed by atoms with E-state index in [1.54, 1.807) is 18.2 Å². The lowest BCUT2D eigenvalue weighted by molar-refractivity contribution is -0.128. The van der Waals surface area contributed by atoms with Gasteiger partial charge in [0.1, 0.15) is 11.2 Å². The van der Waals surface area contributed by atoms with Crippen LogP contribution in [0, 0.1) is 18.7 Å². The molecule has 1 N–H and O–H groups in total. The number of hydrogen-bond donors (Lipinski definition) is 1. The summed E-state index contributed by atoms with van der Waals surface area (Å²) >= 11 is 12.7. The number of morpholine rings is 1. The van der Waals surface area contributed by atoms with Crippen LogP contribution in [-0.4, -0.2) is 74.9 Å². The van der Waals surface area contributed by atoms with Gasteiger partial charge in [-0.05, 0) is 55.5 Å². The molecule has 47 heavy (non-hydrogen) atoms. The molecule has 5 aliphatic rings. The Morgan fingerprint density at radius 2 is 1.96 bits per heavy atom. The number of likely N-dealkylation sites (tertiary alicyclic amines) is 1. The average molecular weight is 678 g/mol. The molecule has 0 unspecified atom stereocenters. The molecule has 4 aromatic rings. The zero-order chi connectivity index (χ0) is 31.5. The Morgan fingerprint density at radius 1 is 1.17 bits per heavy atom. The summed E-state index contributed by atoms with van der Waals surface area (Å²) in [5.74, 6) is -1.38. The first-order valence-corrected chi connectivity index (χ1v) is 16.6. The van der Waals surface area contributed by atoms with Crippen LogP contribution in [0.4, 0.5) is 10.1 Å². The molecule has 9 nitrogen and oxygen atoms in total. The maximum atomic E-state index is 16.2. The summed E-state index contributed by atoms with van der Waals surface area (Å²) in [6, 6.07) is 8.89. The number of carbonyl (C=O) groups is 2. The molecule has 1 aromatic carbocycles. The number of aromatic nitrogens is 3. The van der Waals surface area contributed by atoms with Gasteiger partial charge >= 0.3 is 0 Å². The summed E-state index contributed by atoms with van der Waals surface area (Å²) in [6.07, 6.45) is 6.25.